The number of methoxy groups -OCH3 is 2. The number of halogens is 1. The normalized spacial score (nSPS) is 11.0. The highest BCUT2D eigenvalue weighted by Crippen LogP contribution is 2.36. The molecule has 0 saturated heterocycles. The highest BCUT2D eigenvalue weighted by molar-refractivity contribution is 9.10. The van der Waals surface area contributed by atoms with Gasteiger partial charge in [0.15, 0.2) is 17.3 Å². The number of hydrogen-bond acceptors (Lipinski definition) is 5. The van der Waals surface area contributed by atoms with Gasteiger partial charge in [0.2, 0.25) is 0 Å². The maximum Gasteiger partial charge on any atom is 0.441 e. The van der Waals surface area contributed by atoms with E-state index in [1.165, 1.54) is 4.57 Å². The van der Waals surface area contributed by atoms with Gasteiger partial charge < -0.3 is 9.47 Å². The van der Waals surface area contributed by atoms with Crippen molar-refractivity contribution in [1.82, 2.24) is 9.72 Å². The van der Waals surface area contributed by atoms with Crippen LogP contribution in [0.3, 0.4) is 0 Å². The summed E-state index contributed by atoms with van der Waals surface area (Å²) in [5.74, 6) is 1.45. The Morgan fingerprint density at radius 1 is 1.33 bits per heavy atom. The highest BCUT2D eigenvalue weighted by atomic mass is 79.9. The van der Waals surface area contributed by atoms with Crippen molar-refractivity contribution in [2.24, 2.45) is 0 Å². The molecule has 6 nitrogen and oxygen atoms in total. The standard InChI is InChI=1S/C14H17BrN2O4/c1-8(2)13-16-21-14(18)17(13)7-9-5-10(15)12(20-4)11(6-9)19-3/h5-6,8H,7H2,1-4H3. The van der Waals surface area contributed by atoms with Crippen molar-refractivity contribution in [3.63, 3.8) is 0 Å². The van der Waals surface area contributed by atoms with Crippen molar-refractivity contribution >= 4 is 15.9 Å². The Labute approximate surface area is 130 Å². The number of aromatic nitrogens is 2. The molecule has 2 rings (SSSR count). The summed E-state index contributed by atoms with van der Waals surface area (Å²) in [6.45, 7) is 4.27. The molecule has 0 N–H and O–H groups in total. The molecular formula is C14H17BrN2O4. The molecule has 0 aliphatic carbocycles. The summed E-state index contributed by atoms with van der Waals surface area (Å²) in [6.07, 6.45) is 0. The average Bonchev–Trinajstić information content (AvgIpc) is 2.79. The molecular weight excluding hydrogens is 340 g/mol. The number of rotatable bonds is 5. The van der Waals surface area contributed by atoms with Crippen LogP contribution in [0.2, 0.25) is 0 Å². The quantitative estimate of drug-likeness (QED) is 0.823. The van der Waals surface area contributed by atoms with Crippen LogP contribution >= 0.6 is 15.9 Å². The summed E-state index contributed by atoms with van der Waals surface area (Å²) in [4.78, 5) is 11.8. The molecule has 1 aromatic heterocycles. The molecule has 0 aliphatic heterocycles. The molecule has 0 radical (unpaired) electrons. The summed E-state index contributed by atoms with van der Waals surface area (Å²) < 4.78 is 17.6. The van der Waals surface area contributed by atoms with Gasteiger partial charge in [0.1, 0.15) is 0 Å². The van der Waals surface area contributed by atoms with Gasteiger partial charge in [-0.1, -0.05) is 19.0 Å². The van der Waals surface area contributed by atoms with E-state index in [0.717, 1.165) is 10.0 Å². The van der Waals surface area contributed by atoms with Crippen molar-refractivity contribution in [2.75, 3.05) is 14.2 Å². The molecule has 0 atom stereocenters. The summed E-state index contributed by atoms with van der Waals surface area (Å²) in [6, 6.07) is 3.71. The Balaban J connectivity index is 2.43. The van der Waals surface area contributed by atoms with Gasteiger partial charge in [0.25, 0.3) is 0 Å². The first-order chi connectivity index (χ1) is 9.97. The lowest BCUT2D eigenvalue weighted by Crippen LogP contribution is -2.18. The molecule has 0 aliphatic rings. The van der Waals surface area contributed by atoms with Gasteiger partial charge in [-0.05, 0) is 33.6 Å². The molecule has 1 aromatic carbocycles. The maximum atomic E-state index is 11.8. The summed E-state index contributed by atoms with van der Waals surface area (Å²) in [5, 5.41) is 3.82. The van der Waals surface area contributed by atoms with E-state index in [1.807, 2.05) is 26.0 Å². The molecule has 114 valence electrons. The number of benzene rings is 1. The third-order valence-electron chi connectivity index (χ3n) is 3.06. The minimum atomic E-state index is -0.468. The summed E-state index contributed by atoms with van der Waals surface area (Å²) >= 11 is 3.44. The van der Waals surface area contributed by atoms with Crippen molar-refractivity contribution < 1.29 is 14.0 Å². The third-order valence-corrected chi connectivity index (χ3v) is 3.65. The Kier molecular flexibility index (Phi) is 4.72. The van der Waals surface area contributed by atoms with Gasteiger partial charge in [-0.25, -0.2) is 4.79 Å². The van der Waals surface area contributed by atoms with E-state index < -0.39 is 5.76 Å². The van der Waals surface area contributed by atoms with Gasteiger partial charge in [-0.15, -0.1) is 0 Å². The predicted molar refractivity (Wildman–Crippen MR) is 81.2 cm³/mol. The van der Waals surface area contributed by atoms with E-state index in [0.29, 0.717) is 23.9 Å². The van der Waals surface area contributed by atoms with E-state index in [1.54, 1.807) is 14.2 Å². The second kappa shape index (κ2) is 6.34. The fraction of sp³-hybridized carbons (Fsp3) is 0.429. The molecule has 0 unspecified atom stereocenters. The van der Waals surface area contributed by atoms with Crippen molar-refractivity contribution in [3.8, 4) is 11.5 Å². The van der Waals surface area contributed by atoms with E-state index >= 15 is 0 Å². The monoisotopic (exact) mass is 356 g/mol. The van der Waals surface area contributed by atoms with E-state index in [9.17, 15) is 4.79 Å². The average molecular weight is 357 g/mol. The van der Waals surface area contributed by atoms with Gasteiger partial charge >= 0.3 is 5.76 Å². The molecule has 21 heavy (non-hydrogen) atoms. The Morgan fingerprint density at radius 2 is 2.05 bits per heavy atom. The van der Waals surface area contributed by atoms with Gasteiger partial charge in [0, 0.05) is 5.92 Å². The zero-order valence-corrected chi connectivity index (χ0v) is 13.9. The van der Waals surface area contributed by atoms with Crippen LogP contribution in [0.1, 0.15) is 31.2 Å². The SMILES string of the molecule is COc1cc(Cn2c(C(C)C)noc2=O)cc(Br)c1OC. The predicted octanol–water partition coefficient (Wildman–Crippen LogP) is 2.79. The lowest BCUT2D eigenvalue weighted by Gasteiger charge is -2.13. The third kappa shape index (κ3) is 3.12. The first kappa shape index (κ1) is 15.6. The highest BCUT2D eigenvalue weighted by Gasteiger charge is 2.16. The summed E-state index contributed by atoms with van der Waals surface area (Å²) in [5.41, 5.74) is 0.881. The topological polar surface area (TPSA) is 66.5 Å². The van der Waals surface area contributed by atoms with Crippen LogP contribution in [0.15, 0.2) is 25.9 Å². The lowest BCUT2D eigenvalue weighted by molar-refractivity contribution is 0.352. The van der Waals surface area contributed by atoms with Crippen LogP contribution in [-0.2, 0) is 6.54 Å². The molecule has 0 fully saturated rings. The van der Waals surface area contributed by atoms with E-state index in [4.69, 9.17) is 14.0 Å². The van der Waals surface area contributed by atoms with Crippen LogP contribution in [0, 0.1) is 0 Å². The van der Waals surface area contributed by atoms with Crippen molar-refractivity contribution in [1.29, 1.82) is 0 Å². The van der Waals surface area contributed by atoms with Crippen molar-refractivity contribution in [3.05, 3.63) is 38.5 Å². The molecule has 0 amide bonds. The first-order valence-electron chi connectivity index (χ1n) is 6.44. The number of hydrogen-bond donors (Lipinski definition) is 0. The lowest BCUT2D eigenvalue weighted by atomic mass is 10.1. The smallest absolute Gasteiger partial charge is 0.441 e. The summed E-state index contributed by atoms with van der Waals surface area (Å²) in [7, 11) is 3.14. The fourth-order valence-electron chi connectivity index (χ4n) is 2.09. The largest absolute Gasteiger partial charge is 0.493 e. The second-order valence-electron chi connectivity index (χ2n) is 4.86. The van der Waals surface area contributed by atoms with E-state index in [-0.39, 0.29) is 5.92 Å². The van der Waals surface area contributed by atoms with Crippen LogP contribution in [-0.4, -0.2) is 23.9 Å². The van der Waals surface area contributed by atoms with Crippen molar-refractivity contribution in [2.45, 2.75) is 26.3 Å². The molecule has 0 saturated carbocycles. The maximum absolute atomic E-state index is 11.8. The fourth-order valence-corrected chi connectivity index (χ4v) is 2.74. The number of ether oxygens (including phenoxy) is 2. The van der Waals surface area contributed by atoms with E-state index in [2.05, 4.69) is 21.1 Å². The van der Waals surface area contributed by atoms with Crippen LogP contribution in [0.4, 0.5) is 0 Å². The minimum absolute atomic E-state index is 0.0973. The Bertz CT molecular complexity index is 691. The van der Waals surface area contributed by atoms with Crippen LogP contribution in [0.25, 0.3) is 0 Å². The molecule has 0 spiro atoms. The zero-order chi connectivity index (χ0) is 15.6. The Morgan fingerprint density at radius 3 is 2.62 bits per heavy atom. The first-order valence-corrected chi connectivity index (χ1v) is 7.24. The molecule has 7 heteroatoms. The van der Waals surface area contributed by atoms with Gasteiger partial charge in [-0.3, -0.25) is 9.09 Å². The minimum Gasteiger partial charge on any atom is -0.493 e. The zero-order valence-electron chi connectivity index (χ0n) is 12.3. The molecule has 2 aromatic rings. The molecule has 0 bridgehead atoms. The van der Waals surface area contributed by atoms with Crippen LogP contribution in [0.5, 0.6) is 11.5 Å². The molecule has 1 heterocycles. The Hall–Kier alpha value is -1.76. The second-order valence-corrected chi connectivity index (χ2v) is 5.72. The van der Waals surface area contributed by atoms with Gasteiger partial charge in [-0.2, -0.15) is 0 Å². The van der Waals surface area contributed by atoms with Gasteiger partial charge in [0.05, 0.1) is 25.2 Å². The number of nitrogens with zero attached hydrogens (tertiary/aromatic N) is 2. The van der Waals surface area contributed by atoms with Crippen LogP contribution < -0.4 is 15.2 Å².